The molecule has 2 rings (SSSR count). The molecular formula is C20H24ClFN2O2. The van der Waals surface area contributed by atoms with E-state index in [9.17, 15) is 14.3 Å². The van der Waals surface area contributed by atoms with Crippen molar-refractivity contribution in [3.63, 3.8) is 0 Å². The Hall–Kier alpha value is -2.11. The minimum Gasteiger partial charge on any atom is -0.508 e. The fraction of sp³-hybridized carbons (Fsp3) is 0.350. The van der Waals surface area contributed by atoms with Crippen LogP contribution in [-0.2, 0) is 6.42 Å². The van der Waals surface area contributed by atoms with E-state index in [1.54, 1.807) is 12.1 Å². The Morgan fingerprint density at radius 3 is 2.38 bits per heavy atom. The van der Waals surface area contributed by atoms with Crippen molar-refractivity contribution in [2.24, 2.45) is 0 Å². The van der Waals surface area contributed by atoms with Crippen LogP contribution >= 0.6 is 11.6 Å². The third-order valence-electron chi connectivity index (χ3n) is 4.53. The summed E-state index contributed by atoms with van der Waals surface area (Å²) in [5.41, 5.74) is 3.41. The summed E-state index contributed by atoms with van der Waals surface area (Å²) in [4.78, 5) is 14.3. The highest BCUT2D eigenvalue weighted by molar-refractivity contribution is 6.30. The highest BCUT2D eigenvalue weighted by atomic mass is 35.5. The second kappa shape index (κ2) is 8.52. The zero-order valence-corrected chi connectivity index (χ0v) is 16.2. The molecule has 0 heterocycles. The van der Waals surface area contributed by atoms with Gasteiger partial charge in [-0.25, -0.2) is 4.39 Å². The van der Waals surface area contributed by atoms with E-state index in [1.807, 2.05) is 32.8 Å². The first-order valence-corrected chi connectivity index (χ1v) is 8.75. The summed E-state index contributed by atoms with van der Waals surface area (Å²) in [5, 5.41) is 12.5. The number of carbonyl (C=O) groups excluding carboxylic acids is 1. The van der Waals surface area contributed by atoms with E-state index in [0.717, 1.165) is 29.2 Å². The molecule has 6 heteroatoms. The topological polar surface area (TPSA) is 52.6 Å². The molecule has 0 saturated carbocycles. The van der Waals surface area contributed by atoms with Crippen molar-refractivity contribution in [3.8, 4) is 5.75 Å². The third kappa shape index (κ3) is 4.96. The molecule has 140 valence electrons. The van der Waals surface area contributed by atoms with Gasteiger partial charge < -0.3 is 15.3 Å². The summed E-state index contributed by atoms with van der Waals surface area (Å²) < 4.78 is 13.5. The van der Waals surface area contributed by atoms with Crippen molar-refractivity contribution < 1.29 is 14.3 Å². The Balaban J connectivity index is 2.09. The molecule has 0 fully saturated rings. The molecule has 0 aliphatic heterocycles. The van der Waals surface area contributed by atoms with Gasteiger partial charge in [0.1, 0.15) is 11.6 Å². The molecule has 0 aliphatic rings. The van der Waals surface area contributed by atoms with Gasteiger partial charge in [0.15, 0.2) is 0 Å². The van der Waals surface area contributed by atoms with Gasteiger partial charge in [0.05, 0.1) is 5.02 Å². The molecule has 1 atom stereocenters. The lowest BCUT2D eigenvalue weighted by atomic mass is 9.95. The standard InChI is InChI=1S/C20H24ClFN2O2/c1-12-7-16(25)8-13(2)17(12)10-15(24(3)4)11-23-20(26)14-5-6-18(21)19(22)9-14/h5-9,15,25H,10-11H2,1-4H3,(H,23,26)/t15-/m0/s1. The van der Waals surface area contributed by atoms with Gasteiger partial charge in [-0.1, -0.05) is 11.6 Å². The number of rotatable bonds is 6. The molecule has 0 spiro atoms. The van der Waals surface area contributed by atoms with E-state index >= 15 is 0 Å². The summed E-state index contributed by atoms with van der Waals surface area (Å²) in [7, 11) is 3.90. The first-order chi connectivity index (χ1) is 12.2. The van der Waals surface area contributed by atoms with Crippen LogP contribution in [-0.4, -0.2) is 42.6 Å². The normalized spacial score (nSPS) is 12.3. The summed E-state index contributed by atoms with van der Waals surface area (Å²) in [6.07, 6.45) is 0.722. The average molecular weight is 379 g/mol. The van der Waals surface area contributed by atoms with Crippen molar-refractivity contribution >= 4 is 17.5 Å². The van der Waals surface area contributed by atoms with Crippen molar-refractivity contribution in [1.82, 2.24) is 10.2 Å². The number of nitrogens with one attached hydrogen (secondary N) is 1. The molecule has 26 heavy (non-hydrogen) atoms. The van der Waals surface area contributed by atoms with Crippen molar-refractivity contribution in [1.29, 1.82) is 0 Å². The fourth-order valence-corrected chi connectivity index (χ4v) is 3.03. The molecule has 1 amide bonds. The molecule has 0 unspecified atom stereocenters. The largest absolute Gasteiger partial charge is 0.508 e. The SMILES string of the molecule is Cc1cc(O)cc(C)c1C[C@@H](CNC(=O)c1ccc(Cl)c(F)c1)N(C)C. The second-order valence-corrected chi connectivity index (χ2v) is 7.13. The molecule has 0 bridgehead atoms. The fourth-order valence-electron chi connectivity index (χ4n) is 2.92. The number of hydrogen-bond donors (Lipinski definition) is 2. The number of phenols is 1. The summed E-state index contributed by atoms with van der Waals surface area (Å²) in [6, 6.07) is 7.54. The maximum atomic E-state index is 13.5. The maximum absolute atomic E-state index is 13.5. The van der Waals surface area contributed by atoms with Gasteiger partial charge in [-0.3, -0.25) is 4.79 Å². The zero-order chi connectivity index (χ0) is 19.4. The molecular weight excluding hydrogens is 355 g/mol. The number of aromatic hydroxyl groups is 1. The van der Waals surface area contributed by atoms with E-state index in [2.05, 4.69) is 5.32 Å². The van der Waals surface area contributed by atoms with Gasteiger partial charge >= 0.3 is 0 Å². The first-order valence-electron chi connectivity index (χ1n) is 8.37. The monoisotopic (exact) mass is 378 g/mol. The Morgan fingerprint density at radius 2 is 1.85 bits per heavy atom. The number of benzene rings is 2. The Bertz CT molecular complexity index is 785. The molecule has 0 radical (unpaired) electrons. The number of phenolic OH excluding ortho intramolecular Hbond substituents is 1. The predicted octanol–water partition coefficient (Wildman–Crippen LogP) is 3.70. The second-order valence-electron chi connectivity index (χ2n) is 6.72. The number of hydrogen-bond acceptors (Lipinski definition) is 3. The predicted molar refractivity (Wildman–Crippen MR) is 103 cm³/mol. The quantitative estimate of drug-likeness (QED) is 0.805. The van der Waals surface area contributed by atoms with Gasteiger partial charge in [-0.05, 0) is 81.4 Å². The Labute approximate surface area is 158 Å². The van der Waals surface area contributed by atoms with Gasteiger partial charge in [-0.15, -0.1) is 0 Å². The van der Waals surface area contributed by atoms with Crippen molar-refractivity contribution in [2.75, 3.05) is 20.6 Å². The third-order valence-corrected chi connectivity index (χ3v) is 4.84. The average Bonchev–Trinajstić information content (AvgIpc) is 2.55. The number of amides is 1. The maximum Gasteiger partial charge on any atom is 0.251 e. The lowest BCUT2D eigenvalue weighted by Crippen LogP contribution is -2.41. The van der Waals surface area contributed by atoms with Gasteiger partial charge in [0.25, 0.3) is 5.91 Å². The van der Waals surface area contributed by atoms with Crippen LogP contribution in [0.25, 0.3) is 0 Å². The summed E-state index contributed by atoms with van der Waals surface area (Å²) in [5.74, 6) is -0.700. The van der Waals surface area contributed by atoms with E-state index < -0.39 is 5.82 Å². The first kappa shape index (κ1) is 20.2. The Kier molecular flexibility index (Phi) is 6.62. The van der Waals surface area contributed by atoms with E-state index in [-0.39, 0.29) is 28.3 Å². The summed E-state index contributed by atoms with van der Waals surface area (Å²) in [6.45, 7) is 4.34. The van der Waals surface area contributed by atoms with Gasteiger partial charge in [-0.2, -0.15) is 0 Å². The number of halogens is 2. The Morgan fingerprint density at radius 1 is 1.23 bits per heavy atom. The highest BCUT2D eigenvalue weighted by Crippen LogP contribution is 2.23. The van der Waals surface area contributed by atoms with E-state index in [4.69, 9.17) is 11.6 Å². The highest BCUT2D eigenvalue weighted by Gasteiger charge is 2.17. The van der Waals surface area contributed by atoms with Crippen LogP contribution < -0.4 is 5.32 Å². The van der Waals surface area contributed by atoms with Crippen LogP contribution in [0.4, 0.5) is 4.39 Å². The molecule has 0 aromatic heterocycles. The molecule has 0 aliphatic carbocycles. The smallest absolute Gasteiger partial charge is 0.251 e. The van der Waals surface area contributed by atoms with Crippen LogP contribution in [0.15, 0.2) is 30.3 Å². The molecule has 4 nitrogen and oxygen atoms in total. The number of likely N-dealkylation sites (N-methyl/N-ethyl adjacent to an activating group) is 1. The molecule has 0 saturated heterocycles. The number of carbonyl (C=O) groups is 1. The zero-order valence-electron chi connectivity index (χ0n) is 15.4. The lowest BCUT2D eigenvalue weighted by Gasteiger charge is -2.26. The molecule has 2 aromatic carbocycles. The van der Waals surface area contributed by atoms with Gasteiger partial charge in [0, 0.05) is 18.2 Å². The lowest BCUT2D eigenvalue weighted by molar-refractivity contribution is 0.0941. The van der Waals surface area contributed by atoms with Crippen LogP contribution in [0.1, 0.15) is 27.0 Å². The van der Waals surface area contributed by atoms with E-state index in [1.165, 1.54) is 12.1 Å². The van der Waals surface area contributed by atoms with Crippen molar-refractivity contribution in [2.45, 2.75) is 26.3 Å². The number of aryl methyl sites for hydroxylation is 2. The minimum absolute atomic E-state index is 0.00833. The van der Waals surface area contributed by atoms with Crippen LogP contribution in [0.5, 0.6) is 5.75 Å². The van der Waals surface area contributed by atoms with E-state index in [0.29, 0.717) is 6.54 Å². The van der Waals surface area contributed by atoms with Crippen LogP contribution in [0, 0.1) is 19.7 Å². The summed E-state index contributed by atoms with van der Waals surface area (Å²) >= 11 is 5.65. The minimum atomic E-state index is -0.612. The van der Waals surface area contributed by atoms with Crippen LogP contribution in [0.3, 0.4) is 0 Å². The molecule has 2 N–H and O–H groups in total. The molecule has 2 aromatic rings. The number of nitrogens with zero attached hydrogens (tertiary/aromatic N) is 1. The van der Waals surface area contributed by atoms with Gasteiger partial charge in [0.2, 0.25) is 0 Å². The van der Waals surface area contributed by atoms with Crippen molar-refractivity contribution in [3.05, 3.63) is 63.4 Å². The van der Waals surface area contributed by atoms with Crippen LogP contribution in [0.2, 0.25) is 5.02 Å².